The predicted molar refractivity (Wildman–Crippen MR) is 83.9 cm³/mol. The standard InChI is InChI=1S/C18H30O/c1-4-5-6-7-8-9-10-12-15(2)17-14-11-13-16(3)18(17)19/h11,13-15,19H,4-10,12H2,1-3H3. The maximum absolute atomic E-state index is 10.1. The minimum absolute atomic E-state index is 0.468. The second-order valence-corrected chi connectivity index (χ2v) is 5.82. The Balaban J connectivity index is 2.24. The van der Waals surface area contributed by atoms with Crippen LogP contribution < -0.4 is 0 Å². The van der Waals surface area contributed by atoms with Gasteiger partial charge in [-0.3, -0.25) is 0 Å². The molecule has 0 heterocycles. The summed E-state index contributed by atoms with van der Waals surface area (Å²) in [6, 6.07) is 6.08. The molecule has 0 fully saturated rings. The van der Waals surface area contributed by atoms with E-state index in [1.165, 1.54) is 51.4 Å². The van der Waals surface area contributed by atoms with Crippen molar-refractivity contribution in [3.05, 3.63) is 29.3 Å². The van der Waals surface area contributed by atoms with Crippen LogP contribution >= 0.6 is 0 Å². The van der Waals surface area contributed by atoms with Gasteiger partial charge in [-0.2, -0.15) is 0 Å². The monoisotopic (exact) mass is 262 g/mol. The molecule has 1 N–H and O–H groups in total. The van der Waals surface area contributed by atoms with Crippen molar-refractivity contribution in [3.63, 3.8) is 0 Å². The van der Waals surface area contributed by atoms with E-state index in [0.29, 0.717) is 11.7 Å². The Bertz CT molecular complexity index is 357. The fraction of sp³-hybridized carbons (Fsp3) is 0.667. The van der Waals surface area contributed by atoms with Gasteiger partial charge in [0, 0.05) is 0 Å². The second-order valence-electron chi connectivity index (χ2n) is 5.82. The number of aryl methyl sites for hydroxylation is 1. The van der Waals surface area contributed by atoms with Gasteiger partial charge >= 0.3 is 0 Å². The van der Waals surface area contributed by atoms with Crippen LogP contribution in [-0.4, -0.2) is 5.11 Å². The van der Waals surface area contributed by atoms with Crippen molar-refractivity contribution in [2.24, 2.45) is 0 Å². The highest BCUT2D eigenvalue weighted by atomic mass is 16.3. The topological polar surface area (TPSA) is 20.2 Å². The summed E-state index contributed by atoms with van der Waals surface area (Å²) in [6.07, 6.45) is 10.7. The Morgan fingerprint density at radius 3 is 2.32 bits per heavy atom. The first-order chi connectivity index (χ1) is 9.16. The van der Waals surface area contributed by atoms with Crippen LogP contribution in [0.15, 0.2) is 18.2 Å². The quantitative estimate of drug-likeness (QED) is 0.546. The molecule has 0 spiro atoms. The molecular formula is C18H30O. The number of phenolic OH excluding ortho intramolecular Hbond substituents is 1. The molecule has 1 heteroatoms. The van der Waals surface area contributed by atoms with Gasteiger partial charge in [-0.15, -0.1) is 0 Å². The van der Waals surface area contributed by atoms with Gasteiger partial charge in [0.2, 0.25) is 0 Å². The normalized spacial score (nSPS) is 12.6. The first-order valence-corrected chi connectivity index (χ1v) is 7.95. The van der Waals surface area contributed by atoms with Gasteiger partial charge in [0.05, 0.1) is 0 Å². The number of hydrogen-bond donors (Lipinski definition) is 1. The Hall–Kier alpha value is -0.980. The third kappa shape index (κ3) is 5.67. The van der Waals surface area contributed by atoms with Crippen LogP contribution in [0.1, 0.15) is 82.3 Å². The lowest BCUT2D eigenvalue weighted by Gasteiger charge is -2.14. The Labute approximate surface area is 119 Å². The van der Waals surface area contributed by atoms with Crippen molar-refractivity contribution in [1.29, 1.82) is 0 Å². The Morgan fingerprint density at radius 2 is 1.63 bits per heavy atom. The summed E-state index contributed by atoms with van der Waals surface area (Å²) < 4.78 is 0. The van der Waals surface area contributed by atoms with Crippen LogP contribution in [0.3, 0.4) is 0 Å². The van der Waals surface area contributed by atoms with Crippen molar-refractivity contribution < 1.29 is 5.11 Å². The van der Waals surface area contributed by atoms with E-state index in [9.17, 15) is 5.11 Å². The number of aromatic hydroxyl groups is 1. The SMILES string of the molecule is CCCCCCCCCC(C)c1cccc(C)c1O. The van der Waals surface area contributed by atoms with E-state index in [0.717, 1.165) is 11.1 Å². The van der Waals surface area contributed by atoms with Crippen molar-refractivity contribution in [3.8, 4) is 5.75 Å². The van der Waals surface area contributed by atoms with Crippen molar-refractivity contribution in [2.75, 3.05) is 0 Å². The van der Waals surface area contributed by atoms with Gasteiger partial charge in [0.25, 0.3) is 0 Å². The number of para-hydroxylation sites is 1. The van der Waals surface area contributed by atoms with Gasteiger partial charge in [-0.1, -0.05) is 77.0 Å². The second kappa shape index (κ2) is 9.01. The molecule has 0 aliphatic rings. The molecule has 0 saturated heterocycles. The van der Waals surface area contributed by atoms with E-state index in [-0.39, 0.29) is 0 Å². The minimum atomic E-state index is 0.468. The highest BCUT2D eigenvalue weighted by Gasteiger charge is 2.11. The molecule has 0 aromatic heterocycles. The lowest BCUT2D eigenvalue weighted by Crippen LogP contribution is -1.95. The molecule has 0 aliphatic heterocycles. The molecular weight excluding hydrogens is 232 g/mol. The number of phenols is 1. The van der Waals surface area contributed by atoms with E-state index in [1.54, 1.807) is 0 Å². The first-order valence-electron chi connectivity index (χ1n) is 7.95. The number of hydrogen-bond acceptors (Lipinski definition) is 1. The maximum atomic E-state index is 10.1. The van der Waals surface area contributed by atoms with E-state index >= 15 is 0 Å². The predicted octanol–water partition coefficient (Wildman–Crippen LogP) is 5.94. The van der Waals surface area contributed by atoms with Gasteiger partial charge in [-0.05, 0) is 30.4 Å². The fourth-order valence-electron chi connectivity index (χ4n) is 2.64. The first kappa shape index (κ1) is 16.1. The number of rotatable bonds is 9. The summed E-state index contributed by atoms with van der Waals surface area (Å²) in [6.45, 7) is 6.46. The molecule has 19 heavy (non-hydrogen) atoms. The zero-order chi connectivity index (χ0) is 14.1. The van der Waals surface area contributed by atoms with E-state index in [4.69, 9.17) is 0 Å². The molecule has 108 valence electrons. The summed E-state index contributed by atoms with van der Waals surface area (Å²) in [5.74, 6) is 0.966. The molecule has 0 amide bonds. The molecule has 1 aromatic carbocycles. The van der Waals surface area contributed by atoms with Gasteiger partial charge in [0.1, 0.15) is 5.75 Å². The molecule has 0 bridgehead atoms. The zero-order valence-electron chi connectivity index (χ0n) is 12.9. The van der Waals surface area contributed by atoms with E-state index in [2.05, 4.69) is 19.9 Å². The summed E-state index contributed by atoms with van der Waals surface area (Å²) >= 11 is 0. The van der Waals surface area contributed by atoms with Crippen LogP contribution in [0.25, 0.3) is 0 Å². The number of unbranched alkanes of at least 4 members (excludes halogenated alkanes) is 6. The highest BCUT2D eigenvalue weighted by Crippen LogP contribution is 2.31. The summed E-state index contributed by atoms with van der Waals surface area (Å²) in [4.78, 5) is 0. The van der Waals surface area contributed by atoms with Crippen LogP contribution in [0, 0.1) is 6.92 Å². The van der Waals surface area contributed by atoms with Crippen molar-refractivity contribution in [1.82, 2.24) is 0 Å². The molecule has 0 radical (unpaired) electrons. The lowest BCUT2D eigenvalue weighted by molar-refractivity contribution is 0.453. The highest BCUT2D eigenvalue weighted by molar-refractivity contribution is 5.41. The molecule has 1 atom stereocenters. The zero-order valence-corrected chi connectivity index (χ0v) is 12.9. The van der Waals surface area contributed by atoms with Gasteiger partial charge < -0.3 is 5.11 Å². The maximum Gasteiger partial charge on any atom is 0.121 e. The van der Waals surface area contributed by atoms with E-state index < -0.39 is 0 Å². The minimum Gasteiger partial charge on any atom is -0.507 e. The molecule has 0 saturated carbocycles. The third-order valence-electron chi connectivity index (χ3n) is 4.04. The fourth-order valence-corrected chi connectivity index (χ4v) is 2.64. The van der Waals surface area contributed by atoms with Gasteiger partial charge in [0.15, 0.2) is 0 Å². The molecule has 1 aromatic rings. The van der Waals surface area contributed by atoms with Crippen LogP contribution in [0.2, 0.25) is 0 Å². The Kier molecular flexibility index (Phi) is 7.62. The van der Waals surface area contributed by atoms with Crippen LogP contribution in [-0.2, 0) is 0 Å². The van der Waals surface area contributed by atoms with Crippen LogP contribution in [0.5, 0.6) is 5.75 Å². The summed E-state index contributed by atoms with van der Waals surface area (Å²) in [5.41, 5.74) is 2.11. The number of benzene rings is 1. The van der Waals surface area contributed by atoms with Crippen molar-refractivity contribution >= 4 is 0 Å². The molecule has 1 rings (SSSR count). The van der Waals surface area contributed by atoms with Crippen LogP contribution in [0.4, 0.5) is 0 Å². The average molecular weight is 262 g/mol. The molecule has 0 aliphatic carbocycles. The van der Waals surface area contributed by atoms with Crippen molar-refractivity contribution in [2.45, 2.75) is 78.1 Å². The Morgan fingerprint density at radius 1 is 1.00 bits per heavy atom. The largest absolute Gasteiger partial charge is 0.507 e. The summed E-state index contributed by atoms with van der Waals surface area (Å²) in [5, 5.41) is 10.1. The lowest BCUT2D eigenvalue weighted by atomic mass is 9.92. The molecule has 1 unspecified atom stereocenters. The average Bonchev–Trinajstić information content (AvgIpc) is 2.40. The third-order valence-corrected chi connectivity index (χ3v) is 4.04. The summed E-state index contributed by atoms with van der Waals surface area (Å²) in [7, 11) is 0. The molecule has 1 nitrogen and oxygen atoms in total. The van der Waals surface area contributed by atoms with Gasteiger partial charge in [-0.25, -0.2) is 0 Å². The smallest absolute Gasteiger partial charge is 0.121 e. The van der Waals surface area contributed by atoms with E-state index in [1.807, 2.05) is 19.1 Å².